The minimum atomic E-state index is -0.808. The van der Waals surface area contributed by atoms with E-state index in [0.717, 1.165) is 10.0 Å². The number of nitrogens with one attached hydrogen (secondary N) is 1. The van der Waals surface area contributed by atoms with Crippen LogP contribution in [0.25, 0.3) is 0 Å². The number of amides is 2. The van der Waals surface area contributed by atoms with Gasteiger partial charge < -0.3 is 11.1 Å². The van der Waals surface area contributed by atoms with Gasteiger partial charge in [0.05, 0.1) is 6.42 Å². The van der Waals surface area contributed by atoms with Crippen LogP contribution < -0.4 is 11.1 Å². The molecule has 3 N–H and O–H groups in total. The molecule has 23 heavy (non-hydrogen) atoms. The van der Waals surface area contributed by atoms with Gasteiger partial charge in [-0.15, -0.1) is 0 Å². The van der Waals surface area contributed by atoms with Crippen molar-refractivity contribution in [3.8, 4) is 0 Å². The van der Waals surface area contributed by atoms with Crippen molar-refractivity contribution in [2.45, 2.75) is 18.9 Å². The van der Waals surface area contributed by atoms with E-state index in [4.69, 9.17) is 5.73 Å². The number of rotatable bonds is 6. The van der Waals surface area contributed by atoms with Gasteiger partial charge in [-0.1, -0.05) is 40.2 Å². The fourth-order valence-electron chi connectivity index (χ4n) is 2.16. The van der Waals surface area contributed by atoms with Crippen LogP contribution in [0.4, 0.5) is 4.39 Å². The molecule has 0 heterocycles. The molecular formula is C17H16BrFN2O2. The van der Waals surface area contributed by atoms with Gasteiger partial charge in [-0.25, -0.2) is 4.39 Å². The van der Waals surface area contributed by atoms with Gasteiger partial charge in [0.25, 0.3) is 0 Å². The largest absolute Gasteiger partial charge is 0.368 e. The van der Waals surface area contributed by atoms with E-state index in [2.05, 4.69) is 21.2 Å². The van der Waals surface area contributed by atoms with E-state index in [1.165, 1.54) is 18.2 Å². The molecule has 0 saturated heterocycles. The van der Waals surface area contributed by atoms with Gasteiger partial charge in [-0.2, -0.15) is 0 Å². The van der Waals surface area contributed by atoms with E-state index >= 15 is 0 Å². The van der Waals surface area contributed by atoms with E-state index in [-0.39, 0.29) is 12.3 Å². The molecule has 1 atom stereocenters. The van der Waals surface area contributed by atoms with Gasteiger partial charge >= 0.3 is 0 Å². The molecule has 0 aliphatic rings. The third-order valence-corrected chi connectivity index (χ3v) is 3.81. The Labute approximate surface area is 142 Å². The fraction of sp³-hybridized carbons (Fsp3) is 0.176. The van der Waals surface area contributed by atoms with Crippen molar-refractivity contribution in [2.75, 3.05) is 0 Å². The minimum absolute atomic E-state index is 0.0120. The minimum Gasteiger partial charge on any atom is -0.368 e. The zero-order chi connectivity index (χ0) is 16.8. The Morgan fingerprint density at radius 1 is 1.13 bits per heavy atom. The first-order valence-corrected chi connectivity index (χ1v) is 7.81. The topological polar surface area (TPSA) is 72.2 Å². The van der Waals surface area contributed by atoms with Crippen LogP contribution in [0.1, 0.15) is 11.1 Å². The van der Waals surface area contributed by atoms with Crippen molar-refractivity contribution in [1.82, 2.24) is 5.32 Å². The second-order valence-electron chi connectivity index (χ2n) is 5.16. The quantitative estimate of drug-likeness (QED) is 0.809. The fourth-order valence-corrected chi connectivity index (χ4v) is 2.42. The summed E-state index contributed by atoms with van der Waals surface area (Å²) in [5, 5.41) is 2.60. The zero-order valence-corrected chi connectivity index (χ0v) is 13.8. The highest BCUT2D eigenvalue weighted by Crippen LogP contribution is 2.12. The van der Waals surface area contributed by atoms with Crippen molar-refractivity contribution in [1.29, 1.82) is 0 Å². The lowest BCUT2D eigenvalue weighted by molar-refractivity contribution is -0.127. The first kappa shape index (κ1) is 17.1. The van der Waals surface area contributed by atoms with Gasteiger partial charge in [0.15, 0.2) is 0 Å². The van der Waals surface area contributed by atoms with Crippen LogP contribution in [0.5, 0.6) is 0 Å². The lowest BCUT2D eigenvalue weighted by Crippen LogP contribution is -2.46. The standard InChI is InChI=1S/C17H16BrFN2O2/c18-13-6-4-11(5-7-13)9-15(17(20)23)21-16(22)10-12-2-1-3-14(19)8-12/h1-8,15H,9-10H2,(H2,20,23)(H,21,22)/t15-/m0/s1. The molecule has 120 valence electrons. The normalized spacial score (nSPS) is 11.7. The molecule has 2 amide bonds. The van der Waals surface area contributed by atoms with E-state index < -0.39 is 17.8 Å². The van der Waals surface area contributed by atoms with Crippen LogP contribution in [0.2, 0.25) is 0 Å². The van der Waals surface area contributed by atoms with E-state index in [1.54, 1.807) is 6.07 Å². The Kier molecular flexibility index (Phi) is 5.87. The Morgan fingerprint density at radius 2 is 1.83 bits per heavy atom. The summed E-state index contributed by atoms with van der Waals surface area (Å²) in [6, 6.07) is 12.4. The number of hydrogen-bond acceptors (Lipinski definition) is 2. The maximum atomic E-state index is 13.1. The van der Waals surface area contributed by atoms with Crippen molar-refractivity contribution < 1.29 is 14.0 Å². The molecule has 0 aliphatic heterocycles. The predicted octanol–water partition coefficient (Wildman–Crippen LogP) is 2.34. The van der Waals surface area contributed by atoms with Crippen LogP contribution >= 0.6 is 15.9 Å². The zero-order valence-electron chi connectivity index (χ0n) is 12.3. The van der Waals surface area contributed by atoms with E-state index in [9.17, 15) is 14.0 Å². The molecule has 0 aliphatic carbocycles. The summed E-state index contributed by atoms with van der Waals surface area (Å²) in [7, 11) is 0. The molecule has 0 spiro atoms. The molecule has 0 fully saturated rings. The van der Waals surface area contributed by atoms with Crippen LogP contribution in [0.3, 0.4) is 0 Å². The third kappa shape index (κ3) is 5.49. The summed E-state index contributed by atoms with van der Waals surface area (Å²) in [6.45, 7) is 0. The van der Waals surface area contributed by atoms with Crippen molar-refractivity contribution in [3.05, 3.63) is 69.9 Å². The first-order valence-electron chi connectivity index (χ1n) is 7.01. The van der Waals surface area contributed by atoms with E-state index in [0.29, 0.717) is 12.0 Å². The Bertz CT molecular complexity index is 704. The van der Waals surface area contributed by atoms with Gasteiger partial charge in [-0.05, 0) is 35.4 Å². The summed E-state index contributed by atoms with van der Waals surface area (Å²) < 4.78 is 14.0. The number of carbonyl (C=O) groups is 2. The van der Waals surface area contributed by atoms with Crippen molar-refractivity contribution in [3.63, 3.8) is 0 Å². The Balaban J connectivity index is 1.99. The average molecular weight is 379 g/mol. The van der Waals surface area contributed by atoms with E-state index in [1.807, 2.05) is 24.3 Å². The molecule has 2 rings (SSSR count). The maximum absolute atomic E-state index is 13.1. The summed E-state index contributed by atoms with van der Waals surface area (Å²) in [6.07, 6.45) is 0.291. The molecule has 6 heteroatoms. The van der Waals surface area contributed by atoms with Gasteiger partial charge in [0.2, 0.25) is 11.8 Å². The molecule has 0 saturated carbocycles. The number of nitrogens with two attached hydrogens (primary N) is 1. The summed E-state index contributed by atoms with van der Waals surface area (Å²) in [4.78, 5) is 23.6. The van der Waals surface area contributed by atoms with Crippen LogP contribution in [0, 0.1) is 5.82 Å². The summed E-state index contributed by atoms with van der Waals surface area (Å²) in [5.41, 5.74) is 6.77. The second kappa shape index (κ2) is 7.87. The first-order chi connectivity index (χ1) is 10.9. The van der Waals surface area contributed by atoms with Gasteiger partial charge in [0.1, 0.15) is 11.9 Å². The van der Waals surface area contributed by atoms with Gasteiger partial charge in [-0.3, -0.25) is 9.59 Å². The van der Waals surface area contributed by atoms with Crippen LogP contribution in [-0.2, 0) is 22.4 Å². The number of primary amides is 1. The Hall–Kier alpha value is -2.21. The molecule has 0 bridgehead atoms. The Morgan fingerprint density at radius 3 is 2.43 bits per heavy atom. The van der Waals surface area contributed by atoms with Crippen molar-refractivity contribution in [2.24, 2.45) is 5.73 Å². The lowest BCUT2D eigenvalue weighted by Gasteiger charge is -2.16. The third-order valence-electron chi connectivity index (χ3n) is 3.29. The average Bonchev–Trinajstić information content (AvgIpc) is 2.48. The van der Waals surface area contributed by atoms with Crippen molar-refractivity contribution >= 4 is 27.7 Å². The number of benzene rings is 2. The van der Waals surface area contributed by atoms with Gasteiger partial charge in [0, 0.05) is 10.9 Å². The lowest BCUT2D eigenvalue weighted by atomic mass is 10.0. The second-order valence-corrected chi connectivity index (χ2v) is 6.08. The highest BCUT2D eigenvalue weighted by atomic mass is 79.9. The summed E-state index contributed by atoms with van der Waals surface area (Å²) >= 11 is 3.33. The molecule has 4 nitrogen and oxygen atoms in total. The van der Waals surface area contributed by atoms with Crippen LogP contribution in [-0.4, -0.2) is 17.9 Å². The molecule has 0 aromatic heterocycles. The molecule has 2 aromatic rings. The molecule has 0 radical (unpaired) electrons. The smallest absolute Gasteiger partial charge is 0.240 e. The highest BCUT2D eigenvalue weighted by molar-refractivity contribution is 9.10. The van der Waals surface area contributed by atoms with Crippen LogP contribution in [0.15, 0.2) is 53.0 Å². The SMILES string of the molecule is NC(=O)[C@H](Cc1ccc(Br)cc1)NC(=O)Cc1cccc(F)c1. The molecule has 0 unspecified atom stereocenters. The monoisotopic (exact) mass is 378 g/mol. The maximum Gasteiger partial charge on any atom is 0.240 e. The number of halogens is 2. The number of hydrogen-bond donors (Lipinski definition) is 2. The molecular weight excluding hydrogens is 363 g/mol. The predicted molar refractivity (Wildman–Crippen MR) is 89.1 cm³/mol. The number of carbonyl (C=O) groups excluding carboxylic acids is 2. The highest BCUT2D eigenvalue weighted by Gasteiger charge is 2.18. The summed E-state index contributed by atoms with van der Waals surface area (Å²) in [5.74, 6) is -1.39. The molecule has 2 aromatic carbocycles.